The number of aromatic nitrogens is 4. The standard InChI is InChI=1S/C24H18N4O/c1-29-24-19(15-21(27-28-24)16-11-13-25-14-12-16)23-22(17-7-3-2-4-8-17)18-9-5-6-10-20(18)26-23/h2-15,26H,1H3. The third-order valence-corrected chi connectivity index (χ3v) is 4.97. The van der Waals surface area contributed by atoms with Gasteiger partial charge in [0.25, 0.3) is 0 Å². The Morgan fingerprint density at radius 1 is 0.793 bits per heavy atom. The molecule has 5 aromatic rings. The molecule has 2 aromatic carbocycles. The van der Waals surface area contributed by atoms with Crippen molar-refractivity contribution in [2.24, 2.45) is 0 Å². The molecule has 0 saturated carbocycles. The molecule has 0 saturated heterocycles. The third-order valence-electron chi connectivity index (χ3n) is 4.97. The predicted molar refractivity (Wildman–Crippen MR) is 115 cm³/mol. The van der Waals surface area contributed by atoms with E-state index >= 15 is 0 Å². The monoisotopic (exact) mass is 378 g/mol. The number of para-hydroxylation sites is 1. The van der Waals surface area contributed by atoms with Crippen molar-refractivity contribution in [1.82, 2.24) is 20.2 Å². The van der Waals surface area contributed by atoms with Crippen LogP contribution in [-0.4, -0.2) is 27.3 Å². The third kappa shape index (κ3) is 3.02. The number of hydrogen-bond donors (Lipinski definition) is 1. The molecular weight excluding hydrogens is 360 g/mol. The molecule has 0 spiro atoms. The Labute approximate surface area is 168 Å². The van der Waals surface area contributed by atoms with Crippen LogP contribution in [0.3, 0.4) is 0 Å². The van der Waals surface area contributed by atoms with Gasteiger partial charge in [-0.1, -0.05) is 48.5 Å². The highest BCUT2D eigenvalue weighted by molar-refractivity contribution is 6.04. The summed E-state index contributed by atoms with van der Waals surface area (Å²) in [5.74, 6) is 0.478. The van der Waals surface area contributed by atoms with E-state index in [1.807, 2.05) is 42.5 Å². The number of nitrogens with one attached hydrogen (secondary N) is 1. The van der Waals surface area contributed by atoms with E-state index in [-0.39, 0.29) is 0 Å². The molecule has 0 amide bonds. The lowest BCUT2D eigenvalue weighted by atomic mass is 9.98. The SMILES string of the molecule is COc1nnc(-c2ccncc2)cc1-c1[nH]c2ccccc2c1-c1ccccc1. The van der Waals surface area contributed by atoms with Crippen LogP contribution >= 0.6 is 0 Å². The zero-order valence-corrected chi connectivity index (χ0v) is 15.8. The first kappa shape index (κ1) is 17.1. The summed E-state index contributed by atoms with van der Waals surface area (Å²) < 4.78 is 5.57. The smallest absolute Gasteiger partial charge is 0.242 e. The minimum atomic E-state index is 0.478. The second kappa shape index (κ2) is 7.20. The van der Waals surface area contributed by atoms with Crippen LogP contribution in [0.1, 0.15) is 0 Å². The Morgan fingerprint density at radius 3 is 2.34 bits per heavy atom. The maximum Gasteiger partial charge on any atom is 0.242 e. The molecule has 0 aliphatic rings. The highest BCUT2D eigenvalue weighted by atomic mass is 16.5. The van der Waals surface area contributed by atoms with Gasteiger partial charge in [0.15, 0.2) is 0 Å². The topological polar surface area (TPSA) is 63.7 Å². The number of benzene rings is 2. The van der Waals surface area contributed by atoms with E-state index < -0.39 is 0 Å². The van der Waals surface area contributed by atoms with Crippen LogP contribution in [0.5, 0.6) is 5.88 Å². The number of nitrogens with zero attached hydrogens (tertiary/aromatic N) is 3. The lowest BCUT2D eigenvalue weighted by Crippen LogP contribution is -1.97. The van der Waals surface area contributed by atoms with Crippen molar-refractivity contribution in [1.29, 1.82) is 0 Å². The molecule has 0 aliphatic carbocycles. The van der Waals surface area contributed by atoms with Crippen molar-refractivity contribution in [3.63, 3.8) is 0 Å². The zero-order chi connectivity index (χ0) is 19.6. The summed E-state index contributed by atoms with van der Waals surface area (Å²) >= 11 is 0. The lowest BCUT2D eigenvalue weighted by molar-refractivity contribution is 0.394. The first-order valence-electron chi connectivity index (χ1n) is 9.34. The van der Waals surface area contributed by atoms with Gasteiger partial charge in [-0.2, -0.15) is 0 Å². The van der Waals surface area contributed by atoms with Gasteiger partial charge in [0.05, 0.1) is 24.1 Å². The molecule has 29 heavy (non-hydrogen) atoms. The largest absolute Gasteiger partial charge is 0.479 e. The number of fused-ring (bicyclic) bond motifs is 1. The van der Waals surface area contributed by atoms with Crippen molar-refractivity contribution in [3.05, 3.63) is 85.2 Å². The second-order valence-corrected chi connectivity index (χ2v) is 6.68. The molecule has 5 heteroatoms. The molecule has 0 aliphatic heterocycles. The van der Waals surface area contributed by atoms with Crippen LogP contribution in [0.4, 0.5) is 0 Å². The van der Waals surface area contributed by atoms with Crippen molar-refractivity contribution < 1.29 is 4.74 Å². The fraction of sp³-hybridized carbons (Fsp3) is 0.0417. The maximum absolute atomic E-state index is 5.57. The quantitative estimate of drug-likeness (QED) is 0.457. The number of hydrogen-bond acceptors (Lipinski definition) is 4. The number of aromatic amines is 1. The summed E-state index contributed by atoms with van der Waals surface area (Å²) in [6.07, 6.45) is 3.50. The summed E-state index contributed by atoms with van der Waals surface area (Å²) in [6.45, 7) is 0. The van der Waals surface area contributed by atoms with Gasteiger partial charge in [0.1, 0.15) is 0 Å². The van der Waals surface area contributed by atoms with Crippen molar-refractivity contribution in [2.45, 2.75) is 0 Å². The van der Waals surface area contributed by atoms with Gasteiger partial charge in [-0.05, 0) is 29.8 Å². The first-order chi connectivity index (χ1) is 14.3. The molecule has 140 valence electrons. The van der Waals surface area contributed by atoms with Gasteiger partial charge in [-0.15, -0.1) is 10.2 Å². The van der Waals surface area contributed by atoms with E-state index in [9.17, 15) is 0 Å². The fourth-order valence-corrected chi connectivity index (χ4v) is 3.62. The Kier molecular flexibility index (Phi) is 4.26. The highest BCUT2D eigenvalue weighted by Gasteiger charge is 2.20. The molecule has 3 aromatic heterocycles. The average molecular weight is 378 g/mol. The Bertz CT molecular complexity index is 1280. The Hall–Kier alpha value is -3.99. The van der Waals surface area contributed by atoms with E-state index in [1.165, 1.54) is 0 Å². The molecule has 0 unspecified atom stereocenters. The van der Waals surface area contributed by atoms with Gasteiger partial charge in [-0.3, -0.25) is 4.98 Å². The molecule has 0 radical (unpaired) electrons. The summed E-state index contributed by atoms with van der Waals surface area (Å²) in [6, 6.07) is 24.5. The van der Waals surface area contributed by atoms with Crippen LogP contribution < -0.4 is 4.74 Å². The van der Waals surface area contributed by atoms with E-state index in [0.717, 1.165) is 44.5 Å². The number of H-pyrrole nitrogens is 1. The van der Waals surface area contributed by atoms with Gasteiger partial charge in [0, 0.05) is 34.4 Å². The van der Waals surface area contributed by atoms with Crippen molar-refractivity contribution in [2.75, 3.05) is 7.11 Å². The van der Waals surface area contributed by atoms with E-state index in [1.54, 1.807) is 19.5 Å². The predicted octanol–water partition coefficient (Wildman–Crippen LogP) is 5.36. The molecule has 0 fully saturated rings. The second-order valence-electron chi connectivity index (χ2n) is 6.68. The molecule has 5 rings (SSSR count). The maximum atomic E-state index is 5.57. The molecular formula is C24H18N4O. The van der Waals surface area contributed by atoms with Crippen LogP contribution in [-0.2, 0) is 0 Å². The zero-order valence-electron chi connectivity index (χ0n) is 15.8. The van der Waals surface area contributed by atoms with Gasteiger partial charge < -0.3 is 9.72 Å². The summed E-state index contributed by atoms with van der Waals surface area (Å²) in [5, 5.41) is 9.84. The van der Waals surface area contributed by atoms with E-state index in [0.29, 0.717) is 5.88 Å². The molecule has 0 bridgehead atoms. The van der Waals surface area contributed by atoms with Crippen LogP contribution in [0, 0.1) is 0 Å². The van der Waals surface area contributed by atoms with Crippen molar-refractivity contribution >= 4 is 10.9 Å². The Balaban J connectivity index is 1.80. The number of methoxy groups -OCH3 is 1. The molecule has 3 heterocycles. The first-order valence-corrected chi connectivity index (χ1v) is 9.34. The van der Waals surface area contributed by atoms with Crippen LogP contribution in [0.25, 0.3) is 44.5 Å². The van der Waals surface area contributed by atoms with Gasteiger partial charge >= 0.3 is 0 Å². The van der Waals surface area contributed by atoms with Gasteiger partial charge in [0.2, 0.25) is 5.88 Å². The van der Waals surface area contributed by atoms with E-state index in [4.69, 9.17) is 4.74 Å². The minimum Gasteiger partial charge on any atom is -0.479 e. The summed E-state index contributed by atoms with van der Waals surface area (Å²) in [4.78, 5) is 7.66. The summed E-state index contributed by atoms with van der Waals surface area (Å²) in [5.41, 5.74) is 6.85. The Morgan fingerprint density at radius 2 is 1.55 bits per heavy atom. The summed E-state index contributed by atoms with van der Waals surface area (Å²) in [7, 11) is 1.62. The normalized spacial score (nSPS) is 10.9. The molecule has 0 atom stereocenters. The number of pyridine rings is 1. The van der Waals surface area contributed by atoms with Crippen LogP contribution in [0.15, 0.2) is 85.2 Å². The number of rotatable bonds is 4. The van der Waals surface area contributed by atoms with Crippen LogP contribution in [0.2, 0.25) is 0 Å². The van der Waals surface area contributed by atoms with E-state index in [2.05, 4.69) is 50.5 Å². The molecule has 5 nitrogen and oxygen atoms in total. The van der Waals surface area contributed by atoms with Gasteiger partial charge in [-0.25, -0.2) is 0 Å². The van der Waals surface area contributed by atoms with Crippen molar-refractivity contribution in [3.8, 4) is 39.5 Å². The minimum absolute atomic E-state index is 0.478. The lowest BCUT2D eigenvalue weighted by Gasteiger charge is -2.10. The number of ether oxygens (including phenoxy) is 1. The molecule has 1 N–H and O–H groups in total. The fourth-order valence-electron chi connectivity index (χ4n) is 3.62. The average Bonchev–Trinajstić information content (AvgIpc) is 3.19. The highest BCUT2D eigenvalue weighted by Crippen LogP contribution is 2.41.